The number of amides is 1. The van der Waals surface area contributed by atoms with Gasteiger partial charge < -0.3 is 4.74 Å². The van der Waals surface area contributed by atoms with Gasteiger partial charge in [0.2, 0.25) is 0 Å². The zero-order valence-electron chi connectivity index (χ0n) is 12.7. The third-order valence-electron chi connectivity index (χ3n) is 3.68. The van der Waals surface area contributed by atoms with Gasteiger partial charge in [0.1, 0.15) is 17.9 Å². The molecule has 2 heterocycles. The van der Waals surface area contributed by atoms with Crippen molar-refractivity contribution >= 4 is 16.2 Å². The van der Waals surface area contributed by atoms with Gasteiger partial charge in [-0.2, -0.15) is 8.42 Å². The third kappa shape index (κ3) is 3.85. The molecule has 2 aliphatic rings. The molecule has 8 heteroatoms. The molecule has 2 aliphatic heterocycles. The number of halogens is 1. The minimum atomic E-state index is -3.72. The normalized spacial score (nSPS) is 33.1. The molecule has 0 aliphatic carbocycles. The van der Waals surface area contributed by atoms with Crippen LogP contribution in [0.25, 0.3) is 0 Å². The van der Waals surface area contributed by atoms with Crippen molar-refractivity contribution < 1.29 is 26.5 Å². The summed E-state index contributed by atoms with van der Waals surface area (Å²) in [5.74, 6) is 0. The summed E-state index contributed by atoms with van der Waals surface area (Å²) in [5.41, 5.74) is -0.650. The summed E-state index contributed by atoms with van der Waals surface area (Å²) in [6, 6.07) is -0.908. The second-order valence-electron chi connectivity index (χ2n) is 6.71. The number of hydrogen-bond donors (Lipinski definition) is 0. The summed E-state index contributed by atoms with van der Waals surface area (Å²) in [6.07, 6.45) is -0.883. The topological polar surface area (TPSA) is 72.9 Å². The average molecular weight is 323 g/mol. The van der Waals surface area contributed by atoms with Crippen molar-refractivity contribution in [2.75, 3.05) is 6.26 Å². The first-order valence-corrected chi connectivity index (χ1v) is 8.83. The molecule has 122 valence electrons. The Balaban J connectivity index is 2.11. The van der Waals surface area contributed by atoms with Crippen LogP contribution in [-0.4, -0.2) is 55.6 Å². The highest BCUT2D eigenvalue weighted by Gasteiger charge is 2.52. The Morgan fingerprint density at radius 1 is 1.29 bits per heavy atom. The van der Waals surface area contributed by atoms with E-state index >= 15 is 0 Å². The Kier molecular flexibility index (Phi) is 4.23. The van der Waals surface area contributed by atoms with Crippen LogP contribution >= 0.6 is 0 Å². The van der Waals surface area contributed by atoms with Crippen LogP contribution < -0.4 is 0 Å². The maximum absolute atomic E-state index is 14.5. The zero-order chi connectivity index (χ0) is 16.0. The first-order valence-electron chi connectivity index (χ1n) is 7.01. The van der Waals surface area contributed by atoms with Crippen molar-refractivity contribution in [3.05, 3.63) is 0 Å². The maximum Gasteiger partial charge on any atom is 0.410 e. The average Bonchev–Trinajstić information content (AvgIpc) is 2.60. The fourth-order valence-electron chi connectivity index (χ4n) is 3.02. The highest BCUT2D eigenvalue weighted by atomic mass is 32.2. The zero-order valence-corrected chi connectivity index (χ0v) is 13.5. The summed E-state index contributed by atoms with van der Waals surface area (Å²) in [5, 5.41) is 0. The van der Waals surface area contributed by atoms with Crippen LogP contribution in [0.4, 0.5) is 9.18 Å². The minimum absolute atomic E-state index is 0.171. The lowest BCUT2D eigenvalue weighted by Gasteiger charge is -2.40. The number of rotatable bonds is 2. The lowest BCUT2D eigenvalue weighted by Crippen LogP contribution is -2.56. The van der Waals surface area contributed by atoms with E-state index in [1.165, 1.54) is 4.90 Å². The quantitative estimate of drug-likeness (QED) is 0.725. The number of nitrogens with zero attached hydrogens (tertiary/aromatic N) is 1. The van der Waals surface area contributed by atoms with Crippen molar-refractivity contribution in [2.24, 2.45) is 0 Å². The number of piperidine rings is 1. The van der Waals surface area contributed by atoms with Gasteiger partial charge in [-0.05, 0) is 40.0 Å². The standard InChI is InChI=1S/C13H22FNO5S/c1-13(2,3)19-12(16)15-8-5-6-9(15)11(14)10(7-8)20-21(4,17)18/h8-11H,5-7H2,1-4H3/t8?,9?,10-,11-/m0/s1. The second-order valence-corrected chi connectivity index (χ2v) is 8.31. The van der Waals surface area contributed by atoms with Gasteiger partial charge in [0, 0.05) is 6.04 Å². The molecule has 2 fully saturated rings. The van der Waals surface area contributed by atoms with Crippen LogP contribution in [-0.2, 0) is 19.0 Å². The van der Waals surface area contributed by atoms with E-state index in [0.717, 1.165) is 6.26 Å². The molecule has 1 amide bonds. The van der Waals surface area contributed by atoms with E-state index in [2.05, 4.69) is 0 Å². The largest absolute Gasteiger partial charge is 0.444 e. The van der Waals surface area contributed by atoms with Crippen molar-refractivity contribution in [3.63, 3.8) is 0 Å². The molecular weight excluding hydrogens is 301 g/mol. The van der Waals surface area contributed by atoms with E-state index in [1.807, 2.05) is 0 Å². The predicted molar refractivity (Wildman–Crippen MR) is 74.1 cm³/mol. The molecule has 0 radical (unpaired) electrons. The first-order chi connectivity index (χ1) is 9.48. The summed E-state index contributed by atoms with van der Waals surface area (Å²) >= 11 is 0. The van der Waals surface area contributed by atoms with Gasteiger partial charge in [0.25, 0.3) is 10.1 Å². The minimum Gasteiger partial charge on any atom is -0.444 e. The number of hydrogen-bond acceptors (Lipinski definition) is 5. The van der Waals surface area contributed by atoms with Crippen molar-refractivity contribution in [1.82, 2.24) is 4.90 Å². The molecule has 2 saturated heterocycles. The van der Waals surface area contributed by atoms with Gasteiger partial charge in [-0.25, -0.2) is 9.18 Å². The first kappa shape index (κ1) is 16.5. The van der Waals surface area contributed by atoms with Gasteiger partial charge in [-0.15, -0.1) is 0 Å². The van der Waals surface area contributed by atoms with Crippen LogP contribution in [0.5, 0.6) is 0 Å². The van der Waals surface area contributed by atoms with E-state index in [1.54, 1.807) is 20.8 Å². The van der Waals surface area contributed by atoms with Crippen molar-refractivity contribution in [1.29, 1.82) is 0 Å². The van der Waals surface area contributed by atoms with E-state index < -0.39 is 40.1 Å². The van der Waals surface area contributed by atoms with Gasteiger partial charge >= 0.3 is 6.09 Å². The number of alkyl halides is 1. The summed E-state index contributed by atoms with van der Waals surface area (Å²) in [4.78, 5) is 13.6. The Bertz CT molecular complexity index is 515. The summed E-state index contributed by atoms with van der Waals surface area (Å²) in [7, 11) is -3.72. The number of carbonyl (C=O) groups excluding carboxylic acids is 1. The fraction of sp³-hybridized carbons (Fsp3) is 0.923. The van der Waals surface area contributed by atoms with E-state index in [9.17, 15) is 17.6 Å². The fourth-order valence-corrected chi connectivity index (χ4v) is 3.65. The molecule has 2 unspecified atom stereocenters. The van der Waals surface area contributed by atoms with E-state index in [4.69, 9.17) is 8.92 Å². The highest BCUT2D eigenvalue weighted by Crippen LogP contribution is 2.39. The van der Waals surface area contributed by atoms with Crippen LogP contribution in [0, 0.1) is 0 Å². The van der Waals surface area contributed by atoms with E-state index in [-0.39, 0.29) is 12.5 Å². The molecule has 4 atom stereocenters. The SMILES string of the molecule is CC(C)(C)OC(=O)N1C2CCC1[C@H](F)[C@@H](OS(C)(=O)=O)C2. The molecule has 0 spiro atoms. The number of fused-ring (bicyclic) bond motifs is 2. The summed E-state index contributed by atoms with van der Waals surface area (Å²) < 4.78 is 47.0. The van der Waals surface area contributed by atoms with E-state index in [0.29, 0.717) is 12.8 Å². The van der Waals surface area contributed by atoms with Crippen molar-refractivity contribution in [2.45, 2.75) is 70.0 Å². The Hall–Kier alpha value is -0.890. The van der Waals surface area contributed by atoms with Gasteiger partial charge in [-0.3, -0.25) is 9.08 Å². The molecule has 0 saturated carbocycles. The molecule has 0 N–H and O–H groups in total. The highest BCUT2D eigenvalue weighted by molar-refractivity contribution is 7.86. The van der Waals surface area contributed by atoms with Crippen LogP contribution in [0.15, 0.2) is 0 Å². The molecule has 0 aromatic carbocycles. The van der Waals surface area contributed by atoms with Crippen LogP contribution in [0.2, 0.25) is 0 Å². The van der Waals surface area contributed by atoms with Crippen LogP contribution in [0.3, 0.4) is 0 Å². The lowest BCUT2D eigenvalue weighted by molar-refractivity contribution is -0.0381. The molecule has 6 nitrogen and oxygen atoms in total. The number of ether oxygens (including phenoxy) is 1. The number of carbonyl (C=O) groups is 1. The smallest absolute Gasteiger partial charge is 0.410 e. The monoisotopic (exact) mass is 323 g/mol. The molecular formula is C13H22FNO5S. The second kappa shape index (κ2) is 5.39. The van der Waals surface area contributed by atoms with Gasteiger partial charge in [-0.1, -0.05) is 0 Å². The molecule has 2 bridgehead atoms. The summed E-state index contributed by atoms with van der Waals surface area (Å²) in [6.45, 7) is 5.25. The Labute approximate surface area is 124 Å². The lowest BCUT2D eigenvalue weighted by atomic mass is 9.98. The van der Waals surface area contributed by atoms with Crippen LogP contribution in [0.1, 0.15) is 40.0 Å². The molecule has 2 rings (SSSR count). The molecule has 0 aromatic heterocycles. The Morgan fingerprint density at radius 3 is 2.43 bits per heavy atom. The van der Waals surface area contributed by atoms with Gasteiger partial charge in [0.15, 0.2) is 0 Å². The third-order valence-corrected chi connectivity index (χ3v) is 4.27. The van der Waals surface area contributed by atoms with Crippen molar-refractivity contribution in [3.8, 4) is 0 Å². The van der Waals surface area contributed by atoms with Gasteiger partial charge in [0.05, 0.1) is 12.3 Å². The Morgan fingerprint density at radius 2 is 1.90 bits per heavy atom. The predicted octanol–water partition coefficient (Wildman–Crippen LogP) is 1.84. The molecule has 0 aromatic rings. The maximum atomic E-state index is 14.5. The molecule has 21 heavy (non-hydrogen) atoms.